The zero-order chi connectivity index (χ0) is 13.8. The summed E-state index contributed by atoms with van der Waals surface area (Å²) in [6.45, 7) is 2.11. The molecule has 1 heterocycles. The lowest BCUT2D eigenvalue weighted by Gasteiger charge is -2.18. The SMILES string of the molecule is CC(Nc1ccc(N(C)C)c(Cl)c1)c1ccncc1. The highest BCUT2D eigenvalue weighted by molar-refractivity contribution is 6.33. The van der Waals surface area contributed by atoms with Crippen molar-refractivity contribution in [1.82, 2.24) is 4.98 Å². The molecule has 1 atom stereocenters. The topological polar surface area (TPSA) is 28.2 Å². The molecule has 0 amide bonds. The van der Waals surface area contributed by atoms with E-state index >= 15 is 0 Å². The molecule has 0 fully saturated rings. The van der Waals surface area contributed by atoms with Gasteiger partial charge >= 0.3 is 0 Å². The van der Waals surface area contributed by atoms with Gasteiger partial charge in [-0.25, -0.2) is 0 Å². The third-order valence-corrected chi connectivity index (χ3v) is 3.32. The van der Waals surface area contributed by atoms with Crippen LogP contribution in [0.15, 0.2) is 42.7 Å². The van der Waals surface area contributed by atoms with Crippen LogP contribution >= 0.6 is 11.6 Å². The van der Waals surface area contributed by atoms with Gasteiger partial charge in [0.05, 0.1) is 10.7 Å². The second-order valence-corrected chi connectivity index (χ2v) is 5.11. The molecule has 4 heteroatoms. The fourth-order valence-corrected chi connectivity index (χ4v) is 2.29. The average Bonchev–Trinajstić information content (AvgIpc) is 2.39. The summed E-state index contributed by atoms with van der Waals surface area (Å²) < 4.78 is 0. The molecule has 1 aromatic heterocycles. The van der Waals surface area contributed by atoms with Gasteiger partial charge in [-0.1, -0.05) is 11.6 Å². The zero-order valence-corrected chi connectivity index (χ0v) is 12.1. The van der Waals surface area contributed by atoms with Gasteiger partial charge in [-0.05, 0) is 42.8 Å². The molecule has 2 aromatic rings. The van der Waals surface area contributed by atoms with Crippen molar-refractivity contribution in [3.05, 3.63) is 53.3 Å². The smallest absolute Gasteiger partial charge is 0.0659 e. The number of aromatic nitrogens is 1. The minimum atomic E-state index is 0.212. The maximum atomic E-state index is 6.26. The molecule has 100 valence electrons. The molecule has 3 nitrogen and oxygen atoms in total. The molecule has 0 radical (unpaired) electrons. The number of anilines is 2. The number of nitrogens with zero attached hydrogens (tertiary/aromatic N) is 2. The summed E-state index contributed by atoms with van der Waals surface area (Å²) in [5, 5.41) is 4.18. The Morgan fingerprint density at radius 1 is 1.16 bits per heavy atom. The van der Waals surface area contributed by atoms with Gasteiger partial charge in [0.1, 0.15) is 0 Å². The summed E-state index contributed by atoms with van der Waals surface area (Å²) in [4.78, 5) is 6.02. The standard InChI is InChI=1S/C15H18ClN3/c1-11(12-6-8-17-9-7-12)18-13-4-5-15(19(2)3)14(16)10-13/h4-11,18H,1-3H3. The van der Waals surface area contributed by atoms with Gasteiger partial charge in [0.2, 0.25) is 0 Å². The second kappa shape index (κ2) is 5.93. The van der Waals surface area contributed by atoms with E-state index in [0.717, 1.165) is 16.4 Å². The van der Waals surface area contributed by atoms with Crippen molar-refractivity contribution in [1.29, 1.82) is 0 Å². The first-order valence-electron chi connectivity index (χ1n) is 6.21. The molecule has 1 N–H and O–H groups in total. The summed E-state index contributed by atoms with van der Waals surface area (Å²) in [6, 6.07) is 10.2. The van der Waals surface area contributed by atoms with Gasteiger partial charge in [-0.2, -0.15) is 0 Å². The van der Waals surface area contributed by atoms with Crippen LogP contribution in [0.3, 0.4) is 0 Å². The molecule has 1 unspecified atom stereocenters. The third kappa shape index (κ3) is 3.38. The normalized spacial score (nSPS) is 12.0. The molecule has 1 aromatic carbocycles. The van der Waals surface area contributed by atoms with Crippen LogP contribution in [-0.2, 0) is 0 Å². The molecule has 0 aliphatic carbocycles. The Hall–Kier alpha value is -1.74. The van der Waals surface area contributed by atoms with Gasteiger partial charge < -0.3 is 10.2 Å². The Labute approximate surface area is 119 Å². The fourth-order valence-electron chi connectivity index (χ4n) is 1.94. The zero-order valence-electron chi connectivity index (χ0n) is 11.4. The Balaban J connectivity index is 2.14. The van der Waals surface area contributed by atoms with E-state index in [1.807, 2.05) is 49.3 Å². The lowest BCUT2D eigenvalue weighted by Crippen LogP contribution is -2.10. The second-order valence-electron chi connectivity index (χ2n) is 4.71. The summed E-state index contributed by atoms with van der Waals surface area (Å²) >= 11 is 6.26. The summed E-state index contributed by atoms with van der Waals surface area (Å²) in [6.07, 6.45) is 3.60. The molecule has 0 bridgehead atoms. The minimum Gasteiger partial charge on any atom is -0.378 e. The lowest BCUT2D eigenvalue weighted by atomic mass is 10.1. The van der Waals surface area contributed by atoms with E-state index in [2.05, 4.69) is 17.2 Å². The molecular formula is C15H18ClN3. The number of hydrogen-bond donors (Lipinski definition) is 1. The quantitative estimate of drug-likeness (QED) is 0.915. The predicted molar refractivity (Wildman–Crippen MR) is 82.1 cm³/mol. The fraction of sp³-hybridized carbons (Fsp3) is 0.267. The highest BCUT2D eigenvalue weighted by atomic mass is 35.5. The van der Waals surface area contributed by atoms with Crippen LogP contribution in [0, 0.1) is 0 Å². The van der Waals surface area contributed by atoms with Gasteiger partial charge in [0.25, 0.3) is 0 Å². The molecule has 0 saturated heterocycles. The van der Waals surface area contributed by atoms with Crippen molar-refractivity contribution in [2.24, 2.45) is 0 Å². The first-order chi connectivity index (χ1) is 9.08. The molecule has 0 aliphatic rings. The Morgan fingerprint density at radius 2 is 1.84 bits per heavy atom. The van der Waals surface area contributed by atoms with E-state index < -0.39 is 0 Å². The van der Waals surface area contributed by atoms with Crippen LogP contribution in [0.1, 0.15) is 18.5 Å². The van der Waals surface area contributed by atoms with E-state index in [9.17, 15) is 0 Å². The predicted octanol–water partition coefficient (Wildman–Crippen LogP) is 3.97. The largest absolute Gasteiger partial charge is 0.378 e. The number of rotatable bonds is 4. The molecule has 0 spiro atoms. The molecular weight excluding hydrogens is 258 g/mol. The number of benzene rings is 1. The maximum absolute atomic E-state index is 6.26. The number of nitrogens with one attached hydrogen (secondary N) is 1. The Kier molecular flexibility index (Phi) is 4.27. The number of halogens is 1. The third-order valence-electron chi connectivity index (χ3n) is 3.02. The number of pyridine rings is 1. The van der Waals surface area contributed by atoms with Crippen molar-refractivity contribution < 1.29 is 0 Å². The summed E-state index contributed by atoms with van der Waals surface area (Å²) in [5.41, 5.74) is 3.23. The van der Waals surface area contributed by atoms with Crippen molar-refractivity contribution in [2.75, 3.05) is 24.3 Å². The first-order valence-corrected chi connectivity index (χ1v) is 6.59. The van der Waals surface area contributed by atoms with Gasteiger partial charge in [0, 0.05) is 38.2 Å². The van der Waals surface area contributed by atoms with E-state index in [-0.39, 0.29) is 6.04 Å². The van der Waals surface area contributed by atoms with Crippen LogP contribution in [0.25, 0.3) is 0 Å². The van der Waals surface area contributed by atoms with Gasteiger partial charge in [-0.3, -0.25) is 4.98 Å². The van der Waals surface area contributed by atoms with Crippen molar-refractivity contribution >= 4 is 23.0 Å². The van der Waals surface area contributed by atoms with Crippen LogP contribution in [0.2, 0.25) is 5.02 Å². The van der Waals surface area contributed by atoms with Crippen LogP contribution in [0.5, 0.6) is 0 Å². The highest BCUT2D eigenvalue weighted by Crippen LogP contribution is 2.29. The molecule has 19 heavy (non-hydrogen) atoms. The monoisotopic (exact) mass is 275 g/mol. The first kappa shape index (κ1) is 13.7. The Morgan fingerprint density at radius 3 is 2.42 bits per heavy atom. The highest BCUT2D eigenvalue weighted by Gasteiger charge is 2.07. The van der Waals surface area contributed by atoms with Crippen LogP contribution in [0.4, 0.5) is 11.4 Å². The van der Waals surface area contributed by atoms with E-state index in [4.69, 9.17) is 11.6 Å². The van der Waals surface area contributed by atoms with Crippen molar-refractivity contribution in [2.45, 2.75) is 13.0 Å². The molecule has 0 aliphatic heterocycles. The Bertz CT molecular complexity index is 540. The minimum absolute atomic E-state index is 0.212. The van der Waals surface area contributed by atoms with Gasteiger partial charge in [0.15, 0.2) is 0 Å². The maximum Gasteiger partial charge on any atom is 0.0659 e. The van der Waals surface area contributed by atoms with Gasteiger partial charge in [-0.15, -0.1) is 0 Å². The van der Waals surface area contributed by atoms with E-state index in [1.54, 1.807) is 12.4 Å². The van der Waals surface area contributed by atoms with Crippen LogP contribution < -0.4 is 10.2 Å². The van der Waals surface area contributed by atoms with E-state index in [1.165, 1.54) is 5.56 Å². The lowest BCUT2D eigenvalue weighted by molar-refractivity contribution is 0.881. The molecule has 0 saturated carbocycles. The summed E-state index contributed by atoms with van der Waals surface area (Å²) in [7, 11) is 3.96. The average molecular weight is 276 g/mol. The number of hydrogen-bond acceptors (Lipinski definition) is 3. The van der Waals surface area contributed by atoms with Crippen molar-refractivity contribution in [3.63, 3.8) is 0 Å². The van der Waals surface area contributed by atoms with Crippen LogP contribution in [-0.4, -0.2) is 19.1 Å². The molecule has 2 rings (SSSR count). The van der Waals surface area contributed by atoms with E-state index in [0.29, 0.717) is 0 Å². The van der Waals surface area contributed by atoms with Crippen molar-refractivity contribution in [3.8, 4) is 0 Å². The summed E-state index contributed by atoms with van der Waals surface area (Å²) in [5.74, 6) is 0.